The van der Waals surface area contributed by atoms with Crippen LogP contribution in [0.1, 0.15) is 34.9 Å². The summed E-state index contributed by atoms with van der Waals surface area (Å²) in [6.45, 7) is 4.52. The van der Waals surface area contributed by atoms with E-state index in [1.807, 2.05) is 11.3 Å². The average Bonchev–Trinajstić information content (AvgIpc) is 2.86. The Kier molecular flexibility index (Phi) is 2.25. The van der Waals surface area contributed by atoms with Gasteiger partial charge in [-0.15, -0.1) is 11.3 Å². The van der Waals surface area contributed by atoms with Crippen molar-refractivity contribution in [3.05, 3.63) is 51.7 Å². The van der Waals surface area contributed by atoms with Gasteiger partial charge in [-0.25, -0.2) is 0 Å². The molecule has 0 fully saturated rings. The third-order valence-corrected chi connectivity index (χ3v) is 4.40. The molecule has 0 saturated heterocycles. The van der Waals surface area contributed by atoms with Crippen molar-refractivity contribution in [1.29, 1.82) is 0 Å². The molecule has 0 radical (unpaired) electrons. The number of thiophene rings is 1. The lowest BCUT2D eigenvalue weighted by molar-refractivity contribution is 0.684. The minimum absolute atomic E-state index is 0.455. The SMILES string of the molecule is Cc1cccc2c1[C@H](C)[C@H](c1cccs1)N2. The third kappa shape index (κ3) is 1.37. The lowest BCUT2D eigenvalue weighted by Crippen LogP contribution is -2.07. The molecule has 2 heteroatoms. The van der Waals surface area contributed by atoms with E-state index < -0.39 is 0 Å². The molecule has 0 unspecified atom stereocenters. The van der Waals surface area contributed by atoms with E-state index in [4.69, 9.17) is 0 Å². The van der Waals surface area contributed by atoms with E-state index in [0.717, 1.165) is 0 Å². The van der Waals surface area contributed by atoms with E-state index in [9.17, 15) is 0 Å². The molecule has 16 heavy (non-hydrogen) atoms. The number of anilines is 1. The molecule has 0 aliphatic carbocycles. The van der Waals surface area contributed by atoms with Gasteiger partial charge in [-0.1, -0.05) is 25.1 Å². The van der Waals surface area contributed by atoms with Gasteiger partial charge < -0.3 is 5.32 Å². The Labute approximate surface area is 100 Å². The van der Waals surface area contributed by atoms with Crippen molar-refractivity contribution in [2.45, 2.75) is 25.8 Å². The van der Waals surface area contributed by atoms with E-state index in [1.165, 1.54) is 21.7 Å². The summed E-state index contributed by atoms with van der Waals surface area (Å²) in [5, 5.41) is 5.79. The van der Waals surface area contributed by atoms with Gasteiger partial charge in [0.05, 0.1) is 6.04 Å². The summed E-state index contributed by atoms with van der Waals surface area (Å²) in [5.41, 5.74) is 4.20. The van der Waals surface area contributed by atoms with Crippen LogP contribution in [-0.2, 0) is 0 Å². The van der Waals surface area contributed by atoms with E-state index in [1.54, 1.807) is 0 Å². The smallest absolute Gasteiger partial charge is 0.0673 e. The Morgan fingerprint density at radius 1 is 1.19 bits per heavy atom. The van der Waals surface area contributed by atoms with Crippen LogP contribution in [0.5, 0.6) is 0 Å². The highest BCUT2D eigenvalue weighted by atomic mass is 32.1. The minimum Gasteiger partial charge on any atom is -0.377 e. The van der Waals surface area contributed by atoms with Crippen LogP contribution in [0.25, 0.3) is 0 Å². The fraction of sp³-hybridized carbons (Fsp3) is 0.286. The van der Waals surface area contributed by atoms with E-state index in [0.29, 0.717) is 12.0 Å². The van der Waals surface area contributed by atoms with Gasteiger partial charge in [0.15, 0.2) is 0 Å². The van der Waals surface area contributed by atoms with Gasteiger partial charge in [-0.05, 0) is 35.6 Å². The summed E-state index contributed by atoms with van der Waals surface area (Å²) in [5.74, 6) is 0.565. The third-order valence-electron chi connectivity index (χ3n) is 3.44. The predicted octanol–water partition coefficient (Wildman–Crippen LogP) is 4.33. The highest BCUT2D eigenvalue weighted by molar-refractivity contribution is 7.10. The lowest BCUT2D eigenvalue weighted by atomic mass is 9.93. The van der Waals surface area contributed by atoms with Crippen molar-refractivity contribution >= 4 is 17.0 Å². The van der Waals surface area contributed by atoms with Crippen molar-refractivity contribution in [2.75, 3.05) is 5.32 Å². The molecule has 1 aliphatic rings. The van der Waals surface area contributed by atoms with E-state index in [2.05, 4.69) is 54.9 Å². The van der Waals surface area contributed by atoms with Gasteiger partial charge in [0.1, 0.15) is 0 Å². The summed E-state index contributed by atoms with van der Waals surface area (Å²) in [7, 11) is 0. The van der Waals surface area contributed by atoms with Crippen molar-refractivity contribution in [3.63, 3.8) is 0 Å². The second-order valence-corrected chi connectivity index (χ2v) is 5.44. The van der Waals surface area contributed by atoms with Crippen LogP contribution in [0, 0.1) is 6.92 Å². The van der Waals surface area contributed by atoms with Crippen LogP contribution in [0.15, 0.2) is 35.7 Å². The number of hydrogen-bond acceptors (Lipinski definition) is 2. The van der Waals surface area contributed by atoms with Gasteiger partial charge in [0.2, 0.25) is 0 Å². The van der Waals surface area contributed by atoms with Gasteiger partial charge >= 0.3 is 0 Å². The number of rotatable bonds is 1. The Morgan fingerprint density at radius 2 is 2.06 bits per heavy atom. The molecule has 3 rings (SSSR count). The standard InChI is InChI=1S/C14H15NS/c1-9-5-3-6-11-13(9)10(2)14(15-11)12-7-4-8-16-12/h3-8,10,14-15H,1-2H3/t10-,14+/m0/s1. The zero-order valence-corrected chi connectivity index (χ0v) is 10.3. The highest BCUT2D eigenvalue weighted by Gasteiger charge is 2.31. The number of fused-ring (bicyclic) bond motifs is 1. The molecule has 1 aromatic heterocycles. The van der Waals surface area contributed by atoms with Crippen LogP contribution in [-0.4, -0.2) is 0 Å². The maximum absolute atomic E-state index is 3.64. The molecule has 0 saturated carbocycles. The first-order chi connectivity index (χ1) is 7.77. The van der Waals surface area contributed by atoms with Crippen LogP contribution >= 0.6 is 11.3 Å². The zero-order valence-electron chi connectivity index (χ0n) is 9.53. The van der Waals surface area contributed by atoms with E-state index >= 15 is 0 Å². The molecule has 2 heterocycles. The van der Waals surface area contributed by atoms with Gasteiger partial charge in [-0.3, -0.25) is 0 Å². The molecule has 1 nitrogen and oxygen atoms in total. The number of aryl methyl sites for hydroxylation is 1. The molecule has 1 aliphatic heterocycles. The summed E-state index contributed by atoms with van der Waals surface area (Å²) in [4.78, 5) is 1.43. The van der Waals surface area contributed by atoms with Crippen molar-refractivity contribution in [1.82, 2.24) is 0 Å². The normalized spacial score (nSPS) is 22.9. The first kappa shape index (κ1) is 9.91. The molecule has 0 spiro atoms. The first-order valence-electron chi connectivity index (χ1n) is 5.67. The number of nitrogens with one attached hydrogen (secondary N) is 1. The van der Waals surface area contributed by atoms with E-state index in [-0.39, 0.29) is 0 Å². The molecular weight excluding hydrogens is 214 g/mol. The maximum atomic E-state index is 3.64. The second kappa shape index (κ2) is 3.63. The van der Waals surface area contributed by atoms with Gasteiger partial charge in [0, 0.05) is 16.5 Å². The number of benzene rings is 1. The summed E-state index contributed by atoms with van der Waals surface area (Å²) in [6.07, 6.45) is 0. The Morgan fingerprint density at radius 3 is 2.75 bits per heavy atom. The molecule has 2 aromatic rings. The molecule has 0 bridgehead atoms. The molecule has 82 valence electrons. The van der Waals surface area contributed by atoms with Crippen molar-refractivity contribution in [3.8, 4) is 0 Å². The maximum Gasteiger partial charge on any atom is 0.0673 e. The van der Waals surface area contributed by atoms with Crippen LogP contribution in [0.4, 0.5) is 5.69 Å². The topological polar surface area (TPSA) is 12.0 Å². The largest absolute Gasteiger partial charge is 0.377 e. The molecule has 1 aromatic carbocycles. The van der Waals surface area contributed by atoms with Crippen LogP contribution in [0.3, 0.4) is 0 Å². The second-order valence-electron chi connectivity index (χ2n) is 4.46. The summed E-state index contributed by atoms with van der Waals surface area (Å²) >= 11 is 1.84. The number of hydrogen-bond donors (Lipinski definition) is 1. The monoisotopic (exact) mass is 229 g/mol. The zero-order chi connectivity index (χ0) is 11.1. The first-order valence-corrected chi connectivity index (χ1v) is 6.55. The summed E-state index contributed by atoms with van der Waals surface area (Å²) < 4.78 is 0. The fourth-order valence-electron chi connectivity index (χ4n) is 2.66. The lowest BCUT2D eigenvalue weighted by Gasteiger charge is -2.15. The predicted molar refractivity (Wildman–Crippen MR) is 70.3 cm³/mol. The van der Waals surface area contributed by atoms with Gasteiger partial charge in [-0.2, -0.15) is 0 Å². The average molecular weight is 229 g/mol. The fourth-order valence-corrected chi connectivity index (χ4v) is 3.54. The Bertz CT molecular complexity index is 501. The van der Waals surface area contributed by atoms with Crippen LogP contribution in [0.2, 0.25) is 0 Å². The minimum atomic E-state index is 0.455. The molecule has 2 atom stereocenters. The van der Waals surface area contributed by atoms with Crippen LogP contribution < -0.4 is 5.32 Å². The van der Waals surface area contributed by atoms with Gasteiger partial charge in [0.25, 0.3) is 0 Å². The molecular formula is C14H15NS. The Balaban J connectivity index is 2.04. The quantitative estimate of drug-likeness (QED) is 0.767. The van der Waals surface area contributed by atoms with Crippen molar-refractivity contribution in [2.24, 2.45) is 0 Å². The highest BCUT2D eigenvalue weighted by Crippen LogP contribution is 2.46. The molecule has 1 N–H and O–H groups in total. The molecule has 0 amide bonds. The Hall–Kier alpha value is -1.28. The summed E-state index contributed by atoms with van der Waals surface area (Å²) in [6, 6.07) is 11.3. The van der Waals surface area contributed by atoms with Crippen molar-refractivity contribution < 1.29 is 0 Å².